The number of fused-ring (bicyclic) bond motifs is 12. The summed E-state index contributed by atoms with van der Waals surface area (Å²) in [5, 5.41) is 4.31. The van der Waals surface area contributed by atoms with Crippen LogP contribution in [0, 0.1) is 0 Å². The van der Waals surface area contributed by atoms with E-state index in [-0.39, 0.29) is 21.7 Å². The smallest absolute Gasteiger partial charge is 0.162 e. The molecule has 0 amide bonds. The fourth-order valence-electron chi connectivity index (χ4n) is 11.7. The minimum atomic E-state index is -0.0445. The molecule has 13 rings (SSSR count). The van der Waals surface area contributed by atoms with Gasteiger partial charge in [0.05, 0.1) is 32.8 Å². The molecule has 366 valence electrons. The molecule has 0 unspecified atom stereocenters. The third-order valence-corrected chi connectivity index (χ3v) is 16.0. The minimum absolute atomic E-state index is 0.0445. The van der Waals surface area contributed by atoms with E-state index in [0.717, 1.165) is 88.1 Å². The van der Waals surface area contributed by atoms with Crippen molar-refractivity contribution >= 4 is 77.0 Å². The quantitative estimate of drug-likeness (QED) is 0.165. The highest BCUT2D eigenvalue weighted by atomic mass is 16.3. The number of nitrogens with zero attached hydrogens (tertiary/aromatic N) is 2. The van der Waals surface area contributed by atoms with Gasteiger partial charge in [-0.25, -0.2) is 0 Å². The monoisotopic (exact) mass is 964 g/mol. The van der Waals surface area contributed by atoms with Gasteiger partial charge in [0, 0.05) is 10.8 Å². The van der Waals surface area contributed by atoms with Gasteiger partial charge >= 0.3 is 0 Å². The Hall–Kier alpha value is -7.82. The molecule has 4 heterocycles. The van der Waals surface area contributed by atoms with Crippen LogP contribution in [-0.2, 0) is 21.7 Å². The Morgan fingerprint density at radius 1 is 0.297 bits per heavy atom. The van der Waals surface area contributed by atoms with Crippen LogP contribution in [0.15, 0.2) is 179 Å². The summed E-state index contributed by atoms with van der Waals surface area (Å²) in [6, 6.07) is 63.6. The van der Waals surface area contributed by atoms with Crippen molar-refractivity contribution in [2.24, 2.45) is 0 Å². The van der Waals surface area contributed by atoms with Crippen molar-refractivity contribution in [1.29, 1.82) is 0 Å². The van der Waals surface area contributed by atoms with Crippen molar-refractivity contribution in [3.05, 3.63) is 192 Å². The van der Waals surface area contributed by atoms with E-state index in [1.54, 1.807) is 0 Å². The number of hydrogen-bond acceptors (Lipinski definition) is 2. The third-order valence-electron chi connectivity index (χ3n) is 16.0. The summed E-state index contributed by atoms with van der Waals surface area (Å²) in [4.78, 5) is 0. The summed E-state index contributed by atoms with van der Waals surface area (Å²) in [5.74, 6) is 0. The molecule has 74 heavy (non-hydrogen) atoms. The Bertz CT molecular complexity index is 4140. The molecule has 0 aliphatic carbocycles. The largest absolute Gasteiger partial charge is 0.452 e. The summed E-state index contributed by atoms with van der Waals surface area (Å²) in [6.07, 6.45) is 0. The van der Waals surface area contributed by atoms with Crippen LogP contribution in [0.3, 0.4) is 0 Å². The van der Waals surface area contributed by atoms with E-state index in [2.05, 4.69) is 262 Å². The molecule has 4 nitrogen and oxygen atoms in total. The molecule has 0 saturated carbocycles. The van der Waals surface area contributed by atoms with E-state index in [9.17, 15) is 0 Å². The molecular formula is C70H64N2O2. The lowest BCUT2D eigenvalue weighted by atomic mass is 9.82. The fourth-order valence-corrected chi connectivity index (χ4v) is 11.7. The van der Waals surface area contributed by atoms with Crippen LogP contribution in [0.1, 0.15) is 105 Å². The van der Waals surface area contributed by atoms with Gasteiger partial charge in [0.15, 0.2) is 22.3 Å². The average molecular weight is 965 g/mol. The van der Waals surface area contributed by atoms with Crippen LogP contribution in [0.5, 0.6) is 0 Å². The van der Waals surface area contributed by atoms with Gasteiger partial charge in [0.1, 0.15) is 11.0 Å². The maximum atomic E-state index is 7.36. The molecule has 0 N–H and O–H groups in total. The van der Waals surface area contributed by atoms with Gasteiger partial charge in [-0.3, -0.25) is 0 Å². The summed E-state index contributed by atoms with van der Waals surface area (Å²) >= 11 is 0. The van der Waals surface area contributed by atoms with E-state index in [0.29, 0.717) is 0 Å². The average Bonchev–Trinajstić information content (AvgIpc) is 3.94. The maximum Gasteiger partial charge on any atom is 0.162 e. The fraction of sp³-hybridized carbons (Fsp3) is 0.229. The molecule has 0 radical (unpaired) electrons. The SMILES string of the molecule is CC(C)(C)c1ccc(-c2ccc(C(C)(C)C)cc2-c2ccc3c(c2)c2c4oc5ccccc5n5c6ccc(-c7cc(C(C)(C)C)ccc7-c7ccc(C(C)(C)C)cc7)cc6c(c6oc7ccccc7n3c62)c45)cc1. The van der Waals surface area contributed by atoms with Crippen molar-refractivity contribution < 1.29 is 8.83 Å². The topological polar surface area (TPSA) is 35.1 Å². The van der Waals surface area contributed by atoms with Gasteiger partial charge in [-0.15, -0.1) is 0 Å². The molecule has 13 aromatic rings. The zero-order valence-electron chi connectivity index (χ0n) is 44.9. The first kappa shape index (κ1) is 46.0. The number of hydrogen-bond donors (Lipinski definition) is 0. The van der Waals surface area contributed by atoms with Crippen molar-refractivity contribution in [3.63, 3.8) is 0 Å². The van der Waals surface area contributed by atoms with E-state index in [1.807, 2.05) is 0 Å². The first-order valence-corrected chi connectivity index (χ1v) is 26.4. The molecule has 0 spiro atoms. The molecule has 4 aromatic heterocycles. The zero-order valence-corrected chi connectivity index (χ0v) is 44.9. The van der Waals surface area contributed by atoms with Gasteiger partial charge in [0.25, 0.3) is 0 Å². The zero-order chi connectivity index (χ0) is 51.4. The molecule has 0 bridgehead atoms. The Labute approximate surface area is 433 Å². The van der Waals surface area contributed by atoms with Crippen molar-refractivity contribution in [3.8, 4) is 44.5 Å². The van der Waals surface area contributed by atoms with Crippen molar-refractivity contribution in [1.82, 2.24) is 8.80 Å². The van der Waals surface area contributed by atoms with Crippen LogP contribution in [0.25, 0.3) is 121 Å². The van der Waals surface area contributed by atoms with Crippen molar-refractivity contribution in [2.75, 3.05) is 0 Å². The Kier molecular flexibility index (Phi) is 9.85. The molecule has 0 aliphatic rings. The predicted molar refractivity (Wildman–Crippen MR) is 314 cm³/mol. The number of rotatable bonds is 4. The molecule has 9 aromatic carbocycles. The number of para-hydroxylation sites is 4. The maximum absolute atomic E-state index is 7.36. The highest BCUT2D eigenvalue weighted by molar-refractivity contribution is 6.35. The van der Waals surface area contributed by atoms with Crippen LogP contribution in [0.4, 0.5) is 0 Å². The minimum Gasteiger partial charge on any atom is -0.452 e. The van der Waals surface area contributed by atoms with Gasteiger partial charge in [-0.1, -0.05) is 204 Å². The lowest BCUT2D eigenvalue weighted by Gasteiger charge is -2.23. The number of benzene rings is 9. The molecule has 0 atom stereocenters. The summed E-state index contributed by atoms with van der Waals surface area (Å²) in [6.45, 7) is 27.5. The molecule has 4 heteroatoms. The van der Waals surface area contributed by atoms with Crippen molar-refractivity contribution in [2.45, 2.75) is 105 Å². The second-order valence-corrected chi connectivity index (χ2v) is 25.1. The van der Waals surface area contributed by atoms with Crippen LogP contribution < -0.4 is 0 Å². The predicted octanol–water partition coefficient (Wildman–Crippen LogP) is 20.2. The van der Waals surface area contributed by atoms with Crippen LogP contribution in [-0.4, -0.2) is 8.80 Å². The second-order valence-electron chi connectivity index (χ2n) is 25.1. The summed E-state index contributed by atoms with van der Waals surface area (Å²) in [5.41, 5.74) is 24.4. The van der Waals surface area contributed by atoms with E-state index in [4.69, 9.17) is 8.83 Å². The van der Waals surface area contributed by atoms with Gasteiger partial charge in [-0.05, 0) is 137 Å². The normalized spacial score (nSPS) is 13.1. The Morgan fingerprint density at radius 3 is 1.00 bits per heavy atom. The highest BCUT2D eigenvalue weighted by Gasteiger charge is 2.29. The van der Waals surface area contributed by atoms with E-state index >= 15 is 0 Å². The van der Waals surface area contributed by atoms with Gasteiger partial charge in [0.2, 0.25) is 0 Å². The molecule has 0 aliphatic heterocycles. The summed E-state index contributed by atoms with van der Waals surface area (Å²) < 4.78 is 19.6. The van der Waals surface area contributed by atoms with Gasteiger partial charge < -0.3 is 17.6 Å². The lowest BCUT2D eigenvalue weighted by Crippen LogP contribution is -2.11. The molecule has 0 saturated heterocycles. The standard InChI is InChI=1S/C70H64N2O2/c1-67(2,3)45-27-21-41(22-28-45)49-33-31-47(69(7,8)9)39-51(49)43-25-35-55-53(37-43)61-63-66(74-59-19-15-13-17-57(59)71(55)63)62-54-38-44(26-36-56(54)72-58-18-14-16-20-60(58)73-65(61)64(62)72)52-40-48(70(10,11)12)32-34-50(52)42-23-29-46(30-24-42)68(4,5)6/h13-40H,1-12H3. The van der Waals surface area contributed by atoms with Crippen LogP contribution in [0.2, 0.25) is 0 Å². The molecular weight excluding hydrogens is 901 g/mol. The Balaban J connectivity index is 1.14. The van der Waals surface area contributed by atoms with E-state index in [1.165, 1.54) is 55.6 Å². The second kappa shape index (κ2) is 15.8. The number of aromatic nitrogens is 2. The summed E-state index contributed by atoms with van der Waals surface area (Å²) in [7, 11) is 0. The molecule has 0 fully saturated rings. The van der Waals surface area contributed by atoms with Gasteiger partial charge in [-0.2, -0.15) is 0 Å². The lowest BCUT2D eigenvalue weighted by molar-refractivity contribution is 0.590. The first-order valence-electron chi connectivity index (χ1n) is 26.4. The first-order chi connectivity index (χ1) is 35.2. The van der Waals surface area contributed by atoms with Crippen LogP contribution >= 0.6 is 0 Å². The Morgan fingerprint density at radius 2 is 0.635 bits per heavy atom. The third kappa shape index (κ3) is 7.08. The van der Waals surface area contributed by atoms with E-state index < -0.39 is 0 Å². The highest BCUT2D eigenvalue weighted by Crippen LogP contribution is 2.50.